The maximum atomic E-state index is 8.06. The zero-order valence-electron chi connectivity index (χ0n) is 3.93. The second-order valence-corrected chi connectivity index (χ2v) is 1.09. The summed E-state index contributed by atoms with van der Waals surface area (Å²) in [7, 11) is 0. The Labute approximate surface area is 77.4 Å². The average Bonchev–Trinajstić information content (AvgIpc) is 0.811. The van der Waals surface area contributed by atoms with Gasteiger partial charge in [-0.25, -0.2) is 0 Å². The van der Waals surface area contributed by atoms with E-state index in [-0.39, 0.29) is 59.3 Å². The molecule has 1 nitrogen and oxygen atoms in total. The number of hydrogen-bond donors (Lipinski definition) is 1. The van der Waals surface area contributed by atoms with Crippen molar-refractivity contribution in [1.82, 2.24) is 0 Å². The fourth-order valence-corrected chi connectivity index (χ4v) is 0. The van der Waals surface area contributed by atoms with E-state index in [1.165, 1.54) is 0 Å². The molecular weight excluding hydrogens is 232 g/mol. The first-order valence-corrected chi connectivity index (χ1v) is 1.41. The van der Waals surface area contributed by atoms with Gasteiger partial charge in [0.2, 0.25) is 0 Å². The zero-order chi connectivity index (χ0) is 3.58. The summed E-state index contributed by atoms with van der Waals surface area (Å²) in [6.07, 6.45) is -0.167. The Balaban J connectivity index is -0.0000000450. The Morgan fingerprint density at radius 1 is 1.33 bits per heavy atom. The molecule has 0 aromatic rings. The molecule has 0 atom stereocenters. The minimum Gasteiger partial charge on any atom is -0.394 e. The molecule has 6 heavy (non-hydrogen) atoms. The molecule has 0 radical (unpaired) electrons. The van der Waals surface area contributed by atoms with E-state index in [1.54, 1.807) is 13.8 Å². The van der Waals surface area contributed by atoms with E-state index in [1.807, 2.05) is 0 Å². The van der Waals surface area contributed by atoms with Crippen molar-refractivity contribution in [3.63, 3.8) is 0 Å². The molecule has 0 unspecified atom stereocenters. The third-order valence-electron chi connectivity index (χ3n) is 0. The van der Waals surface area contributed by atoms with Crippen LogP contribution in [0.2, 0.25) is 0 Å². The third kappa shape index (κ3) is 46.3. The molecule has 0 aromatic carbocycles. The number of aliphatic hydroxyl groups is 1. The van der Waals surface area contributed by atoms with Gasteiger partial charge in [0.1, 0.15) is 0 Å². The van der Waals surface area contributed by atoms with Gasteiger partial charge in [-0.3, -0.25) is 0 Å². The predicted molar refractivity (Wildman–Crippen MR) is 24.6 cm³/mol. The molecule has 0 fully saturated rings. The molecule has 0 amide bonds. The van der Waals surface area contributed by atoms with Crippen molar-refractivity contribution >= 4 is 12.4 Å². The van der Waals surface area contributed by atoms with Crippen molar-refractivity contribution < 1.29 is 45.9 Å². The van der Waals surface area contributed by atoms with Crippen LogP contribution in [0.15, 0.2) is 0 Å². The monoisotopic (exact) mass is 238 g/mol. The first-order chi connectivity index (χ1) is 1.73. The molecule has 0 aliphatic rings. The Kier molecular flexibility index (Phi) is 25.5. The van der Waals surface area contributed by atoms with Crippen LogP contribution >= 0.6 is 12.4 Å². The summed E-state index contributed by atoms with van der Waals surface area (Å²) in [5.74, 6) is 0. The molecule has 38 valence electrons. The van der Waals surface area contributed by atoms with Crippen LogP contribution in [0.3, 0.4) is 0 Å². The van der Waals surface area contributed by atoms with Crippen molar-refractivity contribution in [3.05, 3.63) is 0 Å². The summed E-state index contributed by atoms with van der Waals surface area (Å²) >= 11 is 0. The van der Waals surface area contributed by atoms with Gasteiger partial charge in [-0.2, -0.15) is 0 Å². The number of rotatable bonds is 0. The predicted octanol–water partition coefficient (Wildman–Crippen LogP) is 0.809. The van der Waals surface area contributed by atoms with E-state index in [0.29, 0.717) is 0 Å². The minimum atomic E-state index is -0.167. The molecule has 0 heterocycles. The fourth-order valence-electron chi connectivity index (χ4n) is 0. The summed E-state index contributed by atoms with van der Waals surface area (Å²) in [6, 6.07) is 0. The summed E-state index contributed by atoms with van der Waals surface area (Å²) in [5.41, 5.74) is 0. The topological polar surface area (TPSA) is 20.2 Å². The van der Waals surface area contributed by atoms with Gasteiger partial charge in [0.15, 0.2) is 0 Å². The number of halogens is 1. The summed E-state index contributed by atoms with van der Waals surface area (Å²) < 4.78 is 0. The molecule has 0 saturated carbocycles. The molecule has 0 aliphatic heterocycles. The quantitative estimate of drug-likeness (QED) is 0.665. The molecular formula is C3H9ClNdO. The van der Waals surface area contributed by atoms with Crippen LogP contribution in [-0.2, 0) is 0 Å². The first kappa shape index (κ1) is 15.6. The van der Waals surface area contributed by atoms with Gasteiger partial charge in [0, 0.05) is 46.9 Å². The van der Waals surface area contributed by atoms with Crippen LogP contribution in [0.1, 0.15) is 13.8 Å². The molecule has 0 spiro atoms. The van der Waals surface area contributed by atoms with Gasteiger partial charge in [0.05, 0.1) is 0 Å². The summed E-state index contributed by atoms with van der Waals surface area (Å²) in [6.45, 7) is 3.44. The Bertz CT molecular complexity index is 15.5. The zero-order valence-corrected chi connectivity index (χ0v) is 7.96. The van der Waals surface area contributed by atoms with Crippen LogP contribution in [0.4, 0.5) is 0 Å². The molecule has 0 aliphatic carbocycles. The molecule has 1 N–H and O–H groups in total. The Morgan fingerprint density at radius 3 is 1.33 bits per heavy atom. The maximum absolute atomic E-state index is 8.06. The first-order valence-electron chi connectivity index (χ1n) is 1.41. The molecule has 3 heteroatoms. The standard InChI is InChI=1S/C3H8O.ClH.Nd/c1-3(2)4;;/h3-4H,1-2H3;1H;. The van der Waals surface area contributed by atoms with Gasteiger partial charge < -0.3 is 5.11 Å². The summed E-state index contributed by atoms with van der Waals surface area (Å²) in [4.78, 5) is 0. The molecule has 0 aromatic heterocycles. The minimum absolute atomic E-state index is 0. The normalized spacial score (nSPS) is 6.00. The van der Waals surface area contributed by atoms with Crippen molar-refractivity contribution in [3.8, 4) is 0 Å². The van der Waals surface area contributed by atoms with Crippen molar-refractivity contribution in [2.75, 3.05) is 0 Å². The second-order valence-electron chi connectivity index (χ2n) is 1.09. The molecule has 0 bridgehead atoms. The Morgan fingerprint density at radius 2 is 1.33 bits per heavy atom. The fraction of sp³-hybridized carbons (Fsp3) is 1.00. The van der Waals surface area contributed by atoms with Gasteiger partial charge in [0.25, 0.3) is 0 Å². The Hall–Kier alpha value is 1.60. The second kappa shape index (κ2) is 9.78. The van der Waals surface area contributed by atoms with Crippen molar-refractivity contribution in [2.45, 2.75) is 20.0 Å². The van der Waals surface area contributed by atoms with E-state index in [4.69, 9.17) is 5.11 Å². The van der Waals surface area contributed by atoms with Crippen molar-refractivity contribution in [2.24, 2.45) is 0 Å². The average molecular weight is 241 g/mol. The maximum Gasteiger partial charge on any atom is 0.0483 e. The SMILES string of the molecule is CC(C)O.Cl.[Nd]. The molecule has 0 rings (SSSR count). The van der Waals surface area contributed by atoms with Gasteiger partial charge in [-0.1, -0.05) is 0 Å². The number of aliphatic hydroxyl groups excluding tert-OH is 1. The van der Waals surface area contributed by atoms with Crippen LogP contribution in [0, 0.1) is 40.8 Å². The van der Waals surface area contributed by atoms with Crippen LogP contribution in [0.5, 0.6) is 0 Å². The van der Waals surface area contributed by atoms with E-state index in [0.717, 1.165) is 0 Å². The number of hydrogen-bond acceptors (Lipinski definition) is 1. The largest absolute Gasteiger partial charge is 0.394 e. The summed E-state index contributed by atoms with van der Waals surface area (Å²) in [5, 5.41) is 8.06. The van der Waals surface area contributed by atoms with Crippen molar-refractivity contribution in [1.29, 1.82) is 0 Å². The van der Waals surface area contributed by atoms with E-state index < -0.39 is 0 Å². The van der Waals surface area contributed by atoms with Crippen LogP contribution in [-0.4, -0.2) is 11.2 Å². The van der Waals surface area contributed by atoms with E-state index in [2.05, 4.69) is 0 Å². The van der Waals surface area contributed by atoms with Gasteiger partial charge in [-0.05, 0) is 13.8 Å². The molecule has 0 saturated heterocycles. The van der Waals surface area contributed by atoms with E-state index >= 15 is 0 Å². The van der Waals surface area contributed by atoms with Crippen LogP contribution in [0.25, 0.3) is 0 Å². The van der Waals surface area contributed by atoms with E-state index in [9.17, 15) is 0 Å². The third-order valence-corrected chi connectivity index (χ3v) is 0. The van der Waals surface area contributed by atoms with Gasteiger partial charge in [-0.15, -0.1) is 12.4 Å². The van der Waals surface area contributed by atoms with Crippen LogP contribution < -0.4 is 0 Å². The smallest absolute Gasteiger partial charge is 0.0483 e. The van der Waals surface area contributed by atoms with Gasteiger partial charge >= 0.3 is 0 Å².